The van der Waals surface area contributed by atoms with Crippen molar-refractivity contribution in [3.8, 4) is 5.75 Å². The van der Waals surface area contributed by atoms with Crippen LogP contribution in [-0.4, -0.2) is 40.6 Å². The Balaban J connectivity index is 1.40. The molecule has 8 nitrogen and oxygen atoms in total. The Morgan fingerprint density at radius 2 is 1.76 bits per heavy atom. The number of benzene rings is 3. The summed E-state index contributed by atoms with van der Waals surface area (Å²) in [5, 5.41) is 2.68. The van der Waals surface area contributed by atoms with Gasteiger partial charge in [0.1, 0.15) is 5.75 Å². The second kappa shape index (κ2) is 9.56. The summed E-state index contributed by atoms with van der Waals surface area (Å²) in [5.74, 6) is -0.441. The van der Waals surface area contributed by atoms with Crippen molar-refractivity contribution in [2.24, 2.45) is 0 Å². The van der Waals surface area contributed by atoms with Gasteiger partial charge in [0.15, 0.2) is 6.61 Å². The largest absolute Gasteiger partial charge is 0.483 e. The Labute approximate surface area is 198 Å². The number of esters is 1. The number of carbonyl (C=O) groups excluding carboxylic acids is 2. The van der Waals surface area contributed by atoms with Crippen molar-refractivity contribution in [3.05, 3.63) is 83.4 Å². The van der Waals surface area contributed by atoms with Gasteiger partial charge in [0.2, 0.25) is 0 Å². The van der Waals surface area contributed by atoms with Crippen LogP contribution < -0.4 is 14.4 Å². The first kappa shape index (κ1) is 23.3. The van der Waals surface area contributed by atoms with E-state index < -0.39 is 21.9 Å². The molecule has 34 heavy (non-hydrogen) atoms. The first-order valence-corrected chi connectivity index (χ1v) is 12.1. The number of ether oxygens (including phenoxy) is 2. The molecule has 0 aromatic heterocycles. The fraction of sp³-hybridized carbons (Fsp3) is 0.200. The summed E-state index contributed by atoms with van der Waals surface area (Å²) in [5.41, 5.74) is 3.19. The maximum absolute atomic E-state index is 13.2. The Morgan fingerprint density at radius 3 is 2.47 bits per heavy atom. The molecule has 0 unspecified atom stereocenters. The van der Waals surface area contributed by atoms with E-state index in [0.29, 0.717) is 41.2 Å². The van der Waals surface area contributed by atoms with Crippen molar-refractivity contribution < 1.29 is 27.5 Å². The number of para-hydroxylation sites is 1. The molecule has 3 aromatic rings. The fourth-order valence-electron chi connectivity index (χ4n) is 3.78. The minimum atomic E-state index is -3.71. The molecule has 1 heterocycles. The molecular formula is C25H24N2O6S. The van der Waals surface area contributed by atoms with E-state index >= 15 is 0 Å². The highest BCUT2D eigenvalue weighted by Crippen LogP contribution is 2.33. The number of amides is 1. The van der Waals surface area contributed by atoms with E-state index in [-0.39, 0.29) is 11.5 Å². The van der Waals surface area contributed by atoms with Gasteiger partial charge in [-0.1, -0.05) is 18.2 Å². The van der Waals surface area contributed by atoms with Crippen LogP contribution in [0.25, 0.3) is 0 Å². The van der Waals surface area contributed by atoms with E-state index in [9.17, 15) is 18.0 Å². The molecule has 0 bridgehead atoms. The lowest BCUT2D eigenvalue weighted by Gasteiger charge is -2.20. The number of nitrogens with zero attached hydrogens (tertiary/aromatic N) is 1. The van der Waals surface area contributed by atoms with Crippen molar-refractivity contribution in [1.82, 2.24) is 0 Å². The van der Waals surface area contributed by atoms with Crippen LogP contribution in [0.2, 0.25) is 0 Å². The van der Waals surface area contributed by atoms with Crippen LogP contribution in [0.4, 0.5) is 11.4 Å². The first-order chi connectivity index (χ1) is 16.3. The number of nitrogens with one attached hydrogen (secondary N) is 1. The maximum Gasteiger partial charge on any atom is 0.337 e. The molecule has 1 aliphatic heterocycles. The molecule has 9 heteroatoms. The molecule has 176 valence electrons. The lowest BCUT2D eigenvalue weighted by Crippen LogP contribution is -2.29. The molecule has 0 spiro atoms. The van der Waals surface area contributed by atoms with Gasteiger partial charge in [0.25, 0.3) is 15.9 Å². The minimum Gasteiger partial charge on any atom is -0.483 e. The Kier molecular flexibility index (Phi) is 6.56. The zero-order valence-corrected chi connectivity index (χ0v) is 19.6. The topological polar surface area (TPSA) is 102 Å². The lowest BCUT2D eigenvalue weighted by molar-refractivity contribution is -0.118. The van der Waals surface area contributed by atoms with Gasteiger partial charge in [-0.15, -0.1) is 0 Å². The second-order valence-electron chi connectivity index (χ2n) is 7.79. The summed E-state index contributed by atoms with van der Waals surface area (Å²) in [6, 6.07) is 18.3. The van der Waals surface area contributed by atoms with E-state index in [0.717, 1.165) is 5.56 Å². The number of methoxy groups -OCH3 is 1. The first-order valence-electron chi connectivity index (χ1n) is 10.6. The molecule has 0 radical (unpaired) electrons. The molecule has 1 N–H and O–H groups in total. The van der Waals surface area contributed by atoms with Gasteiger partial charge in [-0.25, -0.2) is 13.2 Å². The SMILES string of the molecule is COC(=O)c1ccc(NC(=O)COc2ccc(S(=O)(=O)N3CCc4ccccc43)cc2C)cc1. The summed E-state index contributed by atoms with van der Waals surface area (Å²) >= 11 is 0. The fourth-order valence-corrected chi connectivity index (χ4v) is 5.37. The van der Waals surface area contributed by atoms with Crippen LogP contribution in [0.1, 0.15) is 21.5 Å². The number of fused-ring (bicyclic) bond motifs is 1. The third-order valence-electron chi connectivity index (χ3n) is 5.53. The van der Waals surface area contributed by atoms with Gasteiger partial charge < -0.3 is 14.8 Å². The molecule has 0 fully saturated rings. The normalized spacial score (nSPS) is 12.7. The Bertz CT molecular complexity index is 1340. The van der Waals surface area contributed by atoms with Crippen molar-refractivity contribution >= 4 is 33.3 Å². The van der Waals surface area contributed by atoms with Crippen molar-refractivity contribution in [2.75, 3.05) is 29.9 Å². The van der Waals surface area contributed by atoms with Crippen LogP contribution in [0.15, 0.2) is 71.6 Å². The van der Waals surface area contributed by atoms with Gasteiger partial charge in [-0.05, 0) is 73.0 Å². The number of aryl methyl sites for hydroxylation is 1. The van der Waals surface area contributed by atoms with Crippen molar-refractivity contribution in [2.45, 2.75) is 18.2 Å². The molecule has 4 rings (SSSR count). The smallest absolute Gasteiger partial charge is 0.337 e. The lowest BCUT2D eigenvalue weighted by atomic mass is 10.2. The summed E-state index contributed by atoms with van der Waals surface area (Å²) in [7, 11) is -2.41. The van der Waals surface area contributed by atoms with Crippen molar-refractivity contribution in [3.63, 3.8) is 0 Å². The molecule has 0 atom stereocenters. The summed E-state index contributed by atoms with van der Waals surface area (Å²) < 4.78 is 38.1. The quantitative estimate of drug-likeness (QED) is 0.519. The highest BCUT2D eigenvalue weighted by atomic mass is 32.2. The third-order valence-corrected chi connectivity index (χ3v) is 7.34. The number of anilines is 2. The highest BCUT2D eigenvalue weighted by molar-refractivity contribution is 7.92. The van der Waals surface area contributed by atoms with Gasteiger partial charge >= 0.3 is 5.97 Å². The number of hydrogen-bond acceptors (Lipinski definition) is 6. The standard InChI is InChI=1S/C25H24N2O6S/c1-17-15-21(34(30,31)27-14-13-18-5-3-4-6-22(18)27)11-12-23(17)33-16-24(28)26-20-9-7-19(8-10-20)25(29)32-2/h3-12,15H,13-14,16H2,1-2H3,(H,26,28). The number of hydrogen-bond donors (Lipinski definition) is 1. The number of carbonyl (C=O) groups is 2. The van der Waals surface area contributed by atoms with Gasteiger partial charge in [-0.3, -0.25) is 9.10 Å². The predicted molar refractivity (Wildman–Crippen MR) is 128 cm³/mol. The zero-order valence-electron chi connectivity index (χ0n) is 18.8. The van der Waals surface area contributed by atoms with E-state index in [1.165, 1.54) is 17.5 Å². The Morgan fingerprint density at radius 1 is 1.03 bits per heavy atom. The molecule has 1 aliphatic rings. The molecule has 1 amide bonds. The number of sulfonamides is 1. The van der Waals surface area contributed by atoms with Gasteiger partial charge in [0.05, 0.1) is 23.3 Å². The highest BCUT2D eigenvalue weighted by Gasteiger charge is 2.30. The summed E-state index contributed by atoms with van der Waals surface area (Å²) in [6.07, 6.45) is 0.677. The van der Waals surface area contributed by atoms with Crippen LogP contribution in [0.3, 0.4) is 0 Å². The van der Waals surface area contributed by atoms with E-state index in [4.69, 9.17) is 4.74 Å². The van der Waals surface area contributed by atoms with E-state index in [1.54, 1.807) is 43.3 Å². The molecule has 0 saturated heterocycles. The maximum atomic E-state index is 13.2. The predicted octanol–water partition coefficient (Wildman–Crippen LogP) is 3.55. The molecule has 3 aromatic carbocycles. The minimum absolute atomic E-state index is 0.171. The van der Waals surface area contributed by atoms with Gasteiger partial charge in [-0.2, -0.15) is 0 Å². The second-order valence-corrected chi connectivity index (χ2v) is 9.65. The van der Waals surface area contributed by atoms with Crippen LogP contribution in [0.5, 0.6) is 5.75 Å². The monoisotopic (exact) mass is 480 g/mol. The molecular weight excluding hydrogens is 456 g/mol. The van der Waals surface area contributed by atoms with Crippen LogP contribution in [0, 0.1) is 6.92 Å². The average Bonchev–Trinajstić information content (AvgIpc) is 3.28. The van der Waals surface area contributed by atoms with E-state index in [2.05, 4.69) is 10.1 Å². The number of rotatable bonds is 7. The van der Waals surface area contributed by atoms with E-state index in [1.807, 2.05) is 24.3 Å². The average molecular weight is 481 g/mol. The summed E-state index contributed by atoms with van der Waals surface area (Å²) in [6.45, 7) is 1.88. The molecule has 0 saturated carbocycles. The van der Waals surface area contributed by atoms with Crippen LogP contribution >= 0.6 is 0 Å². The van der Waals surface area contributed by atoms with Gasteiger partial charge in [0, 0.05) is 12.2 Å². The van der Waals surface area contributed by atoms with Crippen LogP contribution in [-0.2, 0) is 26.0 Å². The Hall–Kier alpha value is -3.85. The third kappa shape index (κ3) is 4.74. The van der Waals surface area contributed by atoms with Crippen molar-refractivity contribution in [1.29, 1.82) is 0 Å². The zero-order chi connectivity index (χ0) is 24.3. The molecule has 0 aliphatic carbocycles. The summed E-state index contributed by atoms with van der Waals surface area (Å²) in [4.78, 5) is 23.9.